The van der Waals surface area contributed by atoms with E-state index in [1.165, 1.54) is 29.7 Å². The minimum absolute atomic E-state index is 0.240. The number of carbonyl (C=O) groups is 2. The van der Waals surface area contributed by atoms with Gasteiger partial charge in [-0.15, -0.1) is 11.3 Å². The summed E-state index contributed by atoms with van der Waals surface area (Å²) in [6.45, 7) is -0.566. The highest BCUT2D eigenvalue weighted by atomic mass is 32.1. The second-order valence-corrected chi connectivity index (χ2v) is 5.81. The Morgan fingerprint density at radius 3 is 2.62 bits per heavy atom. The topological polar surface area (TPSA) is 99.5 Å². The molecule has 0 atom stereocenters. The number of aromatic hydroxyl groups is 1. The van der Waals surface area contributed by atoms with Crippen LogP contribution in [0.1, 0.15) is 10.5 Å². The number of benzene rings is 1. The van der Waals surface area contributed by atoms with E-state index < -0.39 is 18.4 Å². The highest BCUT2D eigenvalue weighted by Crippen LogP contribution is 2.39. The summed E-state index contributed by atoms with van der Waals surface area (Å²) in [6, 6.07) is 5.89. The number of halogens is 1. The van der Waals surface area contributed by atoms with E-state index in [1.807, 2.05) is 0 Å². The Labute approximate surface area is 139 Å². The zero-order valence-corrected chi connectivity index (χ0v) is 12.9. The van der Waals surface area contributed by atoms with E-state index in [2.05, 4.69) is 10.3 Å². The largest absolute Gasteiger partial charge is 0.504 e. The summed E-state index contributed by atoms with van der Waals surface area (Å²) in [5, 5.41) is 23.4. The van der Waals surface area contributed by atoms with Gasteiger partial charge in [-0.05, 0) is 23.1 Å². The highest BCUT2D eigenvalue weighted by molar-refractivity contribution is 7.18. The van der Waals surface area contributed by atoms with Crippen molar-refractivity contribution < 1.29 is 24.2 Å². The summed E-state index contributed by atoms with van der Waals surface area (Å²) in [4.78, 5) is 26.3. The van der Waals surface area contributed by atoms with Crippen LogP contribution in [0.2, 0.25) is 0 Å². The van der Waals surface area contributed by atoms with Crippen molar-refractivity contribution in [3.05, 3.63) is 47.4 Å². The maximum absolute atomic E-state index is 13.0. The van der Waals surface area contributed by atoms with Gasteiger partial charge in [-0.1, -0.05) is 12.1 Å². The fourth-order valence-electron chi connectivity index (χ4n) is 2.24. The third kappa shape index (κ3) is 2.91. The molecule has 0 radical (unpaired) electrons. The molecule has 0 aliphatic carbocycles. The zero-order valence-electron chi connectivity index (χ0n) is 12.1. The Morgan fingerprint density at radius 2 is 1.96 bits per heavy atom. The van der Waals surface area contributed by atoms with Gasteiger partial charge in [0, 0.05) is 17.1 Å². The van der Waals surface area contributed by atoms with Crippen molar-refractivity contribution in [2.24, 2.45) is 0 Å². The molecule has 0 spiro atoms. The molecule has 3 N–H and O–H groups in total. The highest BCUT2D eigenvalue weighted by Gasteiger charge is 2.19. The van der Waals surface area contributed by atoms with Crippen molar-refractivity contribution in [2.75, 3.05) is 6.54 Å². The number of carboxylic acids is 1. The van der Waals surface area contributed by atoms with Crippen LogP contribution in [-0.2, 0) is 4.79 Å². The van der Waals surface area contributed by atoms with Crippen molar-refractivity contribution in [2.45, 2.75) is 0 Å². The average molecular weight is 346 g/mol. The maximum Gasteiger partial charge on any atom is 0.322 e. The van der Waals surface area contributed by atoms with Gasteiger partial charge in [0.05, 0.1) is 4.70 Å². The molecule has 24 heavy (non-hydrogen) atoms. The van der Waals surface area contributed by atoms with Crippen LogP contribution in [0.3, 0.4) is 0 Å². The predicted molar refractivity (Wildman–Crippen MR) is 86.6 cm³/mol. The summed E-state index contributed by atoms with van der Waals surface area (Å²) >= 11 is 1.22. The number of fused-ring (bicyclic) bond motifs is 1. The molecule has 1 aromatic carbocycles. The zero-order chi connectivity index (χ0) is 17.3. The molecule has 1 amide bonds. The number of pyridine rings is 1. The molecular weight excluding hydrogens is 335 g/mol. The standard InChI is InChI=1S/C16H11FN2O4S/c17-9-3-1-8(2-4-9)11-7-24-15-10(11)5-18-13(14(15)22)16(23)19-6-12(20)21/h1-5,7,22H,6H2,(H,19,23)(H,20,21). The number of hydrogen-bond acceptors (Lipinski definition) is 5. The molecule has 0 unspecified atom stereocenters. The monoisotopic (exact) mass is 346 g/mol. The normalized spacial score (nSPS) is 10.7. The minimum Gasteiger partial charge on any atom is -0.504 e. The molecule has 0 aliphatic rings. The van der Waals surface area contributed by atoms with E-state index >= 15 is 0 Å². The van der Waals surface area contributed by atoms with Crippen LogP contribution in [0.15, 0.2) is 35.8 Å². The maximum atomic E-state index is 13.0. The number of nitrogens with one attached hydrogen (secondary N) is 1. The fraction of sp³-hybridized carbons (Fsp3) is 0.0625. The molecule has 0 fully saturated rings. The van der Waals surface area contributed by atoms with Gasteiger partial charge in [-0.25, -0.2) is 9.37 Å². The molecule has 6 nitrogen and oxygen atoms in total. The fourth-order valence-corrected chi connectivity index (χ4v) is 3.23. The Morgan fingerprint density at radius 1 is 1.25 bits per heavy atom. The van der Waals surface area contributed by atoms with E-state index in [-0.39, 0.29) is 17.3 Å². The lowest BCUT2D eigenvalue weighted by Crippen LogP contribution is -2.29. The van der Waals surface area contributed by atoms with Crippen LogP contribution in [0.25, 0.3) is 21.2 Å². The Kier molecular flexibility index (Phi) is 4.13. The first kappa shape index (κ1) is 15.9. The summed E-state index contributed by atoms with van der Waals surface area (Å²) in [7, 11) is 0. The third-order valence-corrected chi connectivity index (χ3v) is 4.36. The van der Waals surface area contributed by atoms with Crippen LogP contribution in [0.5, 0.6) is 5.75 Å². The number of hydrogen-bond donors (Lipinski definition) is 3. The SMILES string of the molecule is O=C(O)CNC(=O)c1ncc2c(-c3ccc(F)cc3)csc2c1O. The van der Waals surface area contributed by atoms with Crippen molar-refractivity contribution >= 4 is 33.3 Å². The molecule has 2 aromatic heterocycles. The summed E-state index contributed by atoms with van der Waals surface area (Å²) in [6.07, 6.45) is 1.43. The summed E-state index contributed by atoms with van der Waals surface area (Å²) in [5.74, 6) is -2.63. The molecule has 3 aromatic rings. The second kappa shape index (κ2) is 6.25. The van der Waals surface area contributed by atoms with E-state index in [1.54, 1.807) is 17.5 Å². The third-order valence-electron chi connectivity index (χ3n) is 3.36. The lowest BCUT2D eigenvalue weighted by Gasteiger charge is -2.05. The smallest absolute Gasteiger partial charge is 0.322 e. The Bertz CT molecular complexity index is 937. The summed E-state index contributed by atoms with van der Waals surface area (Å²) in [5.41, 5.74) is 1.28. The quantitative estimate of drug-likeness (QED) is 0.674. The lowest BCUT2D eigenvalue weighted by molar-refractivity contribution is -0.135. The molecule has 122 valence electrons. The molecule has 3 rings (SSSR count). The number of amides is 1. The first-order valence-electron chi connectivity index (χ1n) is 6.82. The number of aromatic nitrogens is 1. The molecule has 0 aliphatic heterocycles. The molecule has 0 saturated carbocycles. The van der Waals surface area contributed by atoms with Gasteiger partial charge in [0.25, 0.3) is 5.91 Å². The van der Waals surface area contributed by atoms with Crippen LogP contribution in [0, 0.1) is 5.82 Å². The van der Waals surface area contributed by atoms with Gasteiger partial charge in [-0.2, -0.15) is 0 Å². The van der Waals surface area contributed by atoms with E-state index in [9.17, 15) is 19.1 Å². The number of rotatable bonds is 4. The van der Waals surface area contributed by atoms with E-state index in [4.69, 9.17) is 5.11 Å². The van der Waals surface area contributed by atoms with E-state index in [0.29, 0.717) is 10.1 Å². The summed E-state index contributed by atoms with van der Waals surface area (Å²) < 4.78 is 13.5. The second-order valence-electron chi connectivity index (χ2n) is 4.93. The average Bonchev–Trinajstić information content (AvgIpc) is 2.98. The van der Waals surface area contributed by atoms with Crippen LogP contribution >= 0.6 is 11.3 Å². The molecule has 0 bridgehead atoms. The number of aliphatic carboxylic acids is 1. The first-order valence-corrected chi connectivity index (χ1v) is 7.70. The van der Waals surface area contributed by atoms with Gasteiger partial charge in [0.15, 0.2) is 11.4 Å². The number of nitrogens with zero attached hydrogens (tertiary/aromatic N) is 1. The molecular formula is C16H11FN2O4S. The van der Waals surface area contributed by atoms with Gasteiger partial charge >= 0.3 is 5.97 Å². The minimum atomic E-state index is -1.20. The van der Waals surface area contributed by atoms with Gasteiger partial charge in [0.2, 0.25) is 0 Å². The predicted octanol–water partition coefficient (Wildman–Crippen LogP) is 2.62. The Balaban J connectivity index is 2.00. The number of carboxylic acid groups (broad SMARTS) is 1. The first-order chi connectivity index (χ1) is 11.5. The number of thiophene rings is 1. The Hall–Kier alpha value is -3.00. The molecule has 0 saturated heterocycles. The molecule has 8 heteroatoms. The van der Waals surface area contributed by atoms with Crippen molar-refractivity contribution in [1.29, 1.82) is 0 Å². The lowest BCUT2D eigenvalue weighted by atomic mass is 10.1. The van der Waals surface area contributed by atoms with Gasteiger partial charge in [-0.3, -0.25) is 9.59 Å². The van der Waals surface area contributed by atoms with Gasteiger partial charge in [0.1, 0.15) is 12.4 Å². The van der Waals surface area contributed by atoms with Crippen LogP contribution in [0.4, 0.5) is 4.39 Å². The van der Waals surface area contributed by atoms with E-state index in [0.717, 1.165) is 11.1 Å². The van der Waals surface area contributed by atoms with Gasteiger partial charge < -0.3 is 15.5 Å². The van der Waals surface area contributed by atoms with Crippen molar-refractivity contribution in [3.8, 4) is 16.9 Å². The molecule has 2 heterocycles. The number of carbonyl (C=O) groups excluding carboxylic acids is 1. The van der Waals surface area contributed by atoms with Crippen LogP contribution in [-0.4, -0.2) is 33.6 Å². The van der Waals surface area contributed by atoms with Crippen molar-refractivity contribution in [1.82, 2.24) is 10.3 Å². The van der Waals surface area contributed by atoms with Crippen LogP contribution < -0.4 is 5.32 Å². The van der Waals surface area contributed by atoms with Crippen molar-refractivity contribution in [3.63, 3.8) is 0 Å².